The number of hydrogen-bond acceptors (Lipinski definition) is 6. The smallest absolute Gasteiger partial charge is 0.323 e. The molecule has 0 fully saturated rings. The fraction of sp³-hybridized carbons (Fsp3) is 0.438. The number of amidine groups is 1. The van der Waals surface area contributed by atoms with E-state index < -0.39 is 0 Å². The highest BCUT2D eigenvalue weighted by atomic mass is 16.5. The highest BCUT2D eigenvalue weighted by Crippen LogP contribution is 2.32. The van der Waals surface area contributed by atoms with Crippen LogP contribution in [0.2, 0.25) is 0 Å². The second kappa shape index (κ2) is 6.28. The van der Waals surface area contributed by atoms with Crippen LogP contribution < -0.4 is 9.47 Å². The molecular formula is C16H19N3O4. The van der Waals surface area contributed by atoms with E-state index in [0.717, 1.165) is 17.7 Å². The molecule has 3 rings (SSSR count). The lowest BCUT2D eigenvalue weighted by Gasteiger charge is -2.15. The van der Waals surface area contributed by atoms with Crippen LogP contribution in [0, 0.1) is 0 Å². The van der Waals surface area contributed by atoms with E-state index in [9.17, 15) is 4.79 Å². The van der Waals surface area contributed by atoms with Crippen LogP contribution in [0.1, 0.15) is 31.9 Å². The van der Waals surface area contributed by atoms with E-state index in [1.54, 1.807) is 0 Å². The summed E-state index contributed by atoms with van der Waals surface area (Å²) in [6.07, 6.45) is 0.797. The van der Waals surface area contributed by atoms with Crippen molar-refractivity contribution in [1.29, 1.82) is 0 Å². The molecule has 1 amide bonds. The van der Waals surface area contributed by atoms with Crippen molar-refractivity contribution in [2.24, 2.45) is 10.1 Å². The summed E-state index contributed by atoms with van der Waals surface area (Å²) in [5.74, 6) is 1.52. The number of benzene rings is 1. The molecule has 7 heteroatoms. The maximum atomic E-state index is 11.7. The van der Waals surface area contributed by atoms with Crippen molar-refractivity contribution in [1.82, 2.24) is 5.01 Å². The Balaban J connectivity index is 2.02. The molecule has 0 spiro atoms. The van der Waals surface area contributed by atoms with Gasteiger partial charge in [0.2, 0.25) is 0 Å². The average molecular weight is 317 g/mol. The number of aliphatic imine (C=N–C) groups is 1. The summed E-state index contributed by atoms with van der Waals surface area (Å²) in [5.41, 5.74) is 1.72. The quantitative estimate of drug-likeness (QED) is 0.804. The number of fused-ring (bicyclic) bond motifs is 1. The Kier molecular flexibility index (Phi) is 4.18. The van der Waals surface area contributed by atoms with Crippen molar-refractivity contribution in [2.75, 3.05) is 19.8 Å². The number of hydrogen-bond donors (Lipinski definition) is 0. The number of carbonyl (C=O) groups excluding carboxylic acids is 1. The number of aryl methyl sites for hydroxylation is 1. The third kappa shape index (κ3) is 2.74. The topological polar surface area (TPSA) is 72.7 Å². The molecule has 0 saturated carbocycles. The molecule has 2 aliphatic rings. The Morgan fingerprint density at radius 2 is 1.91 bits per heavy atom. The lowest BCUT2D eigenvalue weighted by Crippen LogP contribution is -2.23. The van der Waals surface area contributed by atoms with Crippen LogP contribution >= 0.6 is 0 Å². The maximum absolute atomic E-state index is 11.7. The Hall–Kier alpha value is -2.57. The Morgan fingerprint density at radius 3 is 2.57 bits per heavy atom. The predicted molar refractivity (Wildman–Crippen MR) is 84.9 cm³/mol. The van der Waals surface area contributed by atoms with Gasteiger partial charge in [0.1, 0.15) is 18.0 Å². The van der Waals surface area contributed by atoms with Crippen LogP contribution in [-0.4, -0.2) is 42.6 Å². The second-order valence-corrected chi connectivity index (χ2v) is 4.99. The summed E-state index contributed by atoms with van der Waals surface area (Å²) >= 11 is 0. The molecule has 0 unspecified atom stereocenters. The molecule has 1 aromatic carbocycles. The molecule has 1 aromatic rings. The predicted octanol–water partition coefficient (Wildman–Crippen LogP) is 1.94. The average Bonchev–Trinajstić information content (AvgIpc) is 3.11. The minimum atomic E-state index is -0.199. The van der Waals surface area contributed by atoms with Gasteiger partial charge in [0, 0.05) is 6.07 Å². The largest absolute Gasteiger partial charge is 0.493 e. The van der Waals surface area contributed by atoms with Crippen molar-refractivity contribution >= 4 is 17.8 Å². The fourth-order valence-electron chi connectivity index (χ4n) is 2.47. The number of carbonyl (C=O) groups is 1. The Bertz CT molecular complexity index is 697. The van der Waals surface area contributed by atoms with Crippen molar-refractivity contribution < 1.29 is 19.0 Å². The zero-order valence-electron chi connectivity index (χ0n) is 13.5. The number of rotatable bonds is 6. The van der Waals surface area contributed by atoms with Crippen LogP contribution in [0.25, 0.3) is 0 Å². The third-order valence-electron chi connectivity index (χ3n) is 3.52. The molecule has 2 heterocycles. The highest BCUT2D eigenvalue weighted by Gasteiger charge is 2.36. The normalized spacial score (nSPS) is 16.0. The molecule has 23 heavy (non-hydrogen) atoms. The summed E-state index contributed by atoms with van der Waals surface area (Å²) in [6, 6.07) is 4.00. The van der Waals surface area contributed by atoms with Gasteiger partial charge in [-0.3, -0.25) is 4.79 Å². The first-order chi connectivity index (χ1) is 11.2. The van der Waals surface area contributed by atoms with E-state index in [0.29, 0.717) is 30.4 Å². The Labute approximate surface area is 134 Å². The molecule has 0 radical (unpaired) electrons. The lowest BCUT2D eigenvalue weighted by molar-refractivity contribution is -0.124. The molecule has 0 bridgehead atoms. The van der Waals surface area contributed by atoms with E-state index in [1.165, 1.54) is 5.01 Å². The van der Waals surface area contributed by atoms with Gasteiger partial charge >= 0.3 is 6.02 Å². The van der Waals surface area contributed by atoms with Gasteiger partial charge in [-0.05, 0) is 31.9 Å². The molecule has 0 saturated heterocycles. The van der Waals surface area contributed by atoms with Gasteiger partial charge in [0.05, 0.1) is 18.8 Å². The first kappa shape index (κ1) is 15.3. The lowest BCUT2D eigenvalue weighted by atomic mass is 10.1. The summed E-state index contributed by atoms with van der Waals surface area (Å²) in [5, 5.41) is 5.41. The van der Waals surface area contributed by atoms with E-state index in [1.807, 2.05) is 32.9 Å². The van der Waals surface area contributed by atoms with Gasteiger partial charge < -0.3 is 14.2 Å². The fourth-order valence-corrected chi connectivity index (χ4v) is 2.47. The van der Waals surface area contributed by atoms with Crippen LogP contribution in [0.4, 0.5) is 0 Å². The second-order valence-electron chi connectivity index (χ2n) is 4.99. The highest BCUT2D eigenvalue weighted by molar-refractivity contribution is 6.13. The van der Waals surface area contributed by atoms with E-state index in [2.05, 4.69) is 10.1 Å². The number of amides is 1. The van der Waals surface area contributed by atoms with Gasteiger partial charge in [0.25, 0.3) is 11.8 Å². The van der Waals surface area contributed by atoms with Crippen molar-refractivity contribution in [3.05, 3.63) is 23.3 Å². The minimum absolute atomic E-state index is 0.0773. The monoisotopic (exact) mass is 317 g/mol. The number of hydrazone groups is 1. The Morgan fingerprint density at radius 1 is 1.17 bits per heavy atom. The molecule has 7 nitrogen and oxygen atoms in total. The van der Waals surface area contributed by atoms with E-state index in [4.69, 9.17) is 14.2 Å². The van der Waals surface area contributed by atoms with Crippen molar-refractivity contribution in [3.8, 4) is 11.5 Å². The summed E-state index contributed by atoms with van der Waals surface area (Å²) < 4.78 is 17.0. The minimum Gasteiger partial charge on any atom is -0.493 e. The maximum Gasteiger partial charge on any atom is 0.323 e. The molecule has 2 aliphatic heterocycles. The van der Waals surface area contributed by atoms with Crippen molar-refractivity contribution in [3.63, 3.8) is 0 Å². The van der Waals surface area contributed by atoms with Gasteiger partial charge in [-0.2, -0.15) is 0 Å². The molecule has 122 valence electrons. The van der Waals surface area contributed by atoms with Crippen LogP contribution in [0.3, 0.4) is 0 Å². The van der Waals surface area contributed by atoms with Gasteiger partial charge in [-0.1, -0.05) is 6.92 Å². The summed E-state index contributed by atoms with van der Waals surface area (Å²) in [7, 11) is 0. The first-order valence-corrected chi connectivity index (χ1v) is 7.74. The molecule has 0 aliphatic carbocycles. The van der Waals surface area contributed by atoms with E-state index in [-0.39, 0.29) is 18.5 Å². The third-order valence-corrected chi connectivity index (χ3v) is 3.52. The standard InChI is InChI=1S/C16H19N3O4/c1-4-10-7-11(13(22-6-3)8-12(10)21-5-2)15-18-19-14(20)9-17-16(19)23-15/h7-8H,4-6,9H2,1-3H3. The van der Waals surface area contributed by atoms with Crippen LogP contribution in [-0.2, 0) is 16.0 Å². The molecule has 0 aromatic heterocycles. The van der Waals surface area contributed by atoms with Gasteiger partial charge in [-0.25, -0.2) is 4.99 Å². The van der Waals surface area contributed by atoms with Crippen LogP contribution in [0.5, 0.6) is 11.5 Å². The zero-order valence-corrected chi connectivity index (χ0v) is 13.5. The summed E-state index contributed by atoms with van der Waals surface area (Å²) in [6.45, 7) is 7.05. The van der Waals surface area contributed by atoms with Crippen molar-refractivity contribution in [2.45, 2.75) is 27.2 Å². The SMILES string of the molecule is CCOc1cc(OCC)c(C2=NN3C(=O)CN=C3O2)cc1CC. The molecular weight excluding hydrogens is 298 g/mol. The van der Waals surface area contributed by atoms with Crippen LogP contribution in [0.15, 0.2) is 22.2 Å². The number of nitrogens with zero attached hydrogens (tertiary/aromatic N) is 3. The number of ether oxygens (including phenoxy) is 3. The zero-order chi connectivity index (χ0) is 16.4. The van der Waals surface area contributed by atoms with E-state index >= 15 is 0 Å². The molecule has 0 N–H and O–H groups in total. The first-order valence-electron chi connectivity index (χ1n) is 7.74. The van der Waals surface area contributed by atoms with Gasteiger partial charge in [0.15, 0.2) is 0 Å². The van der Waals surface area contributed by atoms with Gasteiger partial charge in [-0.15, -0.1) is 10.1 Å². The summed E-state index contributed by atoms with van der Waals surface area (Å²) in [4.78, 5) is 15.7. The molecule has 0 atom stereocenters.